The topological polar surface area (TPSA) is 23.6 Å². The van der Waals surface area contributed by atoms with E-state index in [9.17, 15) is 9.18 Å². The quantitative estimate of drug-likeness (QED) is 0.842. The van der Waals surface area contributed by atoms with Crippen molar-refractivity contribution in [3.8, 4) is 0 Å². The molecule has 130 valence electrons. The highest BCUT2D eigenvalue weighted by Gasteiger charge is 2.49. The Kier molecular flexibility index (Phi) is 4.33. The van der Waals surface area contributed by atoms with Gasteiger partial charge in [-0.2, -0.15) is 0 Å². The fourth-order valence-electron chi connectivity index (χ4n) is 4.77. The van der Waals surface area contributed by atoms with Crippen molar-refractivity contribution in [1.82, 2.24) is 9.80 Å². The Balaban J connectivity index is 1.34. The standard InChI is InChI=1S/C20H27FN2O/c21-18-7-5-17(6-8-18)14-23-12-10-20(23)9-11-22(15-20)19(24)13-16-3-1-2-4-16/h5-8,16H,1-4,9-15H2/t20-/m0/s1. The lowest BCUT2D eigenvalue weighted by atomic mass is 9.83. The van der Waals surface area contributed by atoms with Crippen LogP contribution in [0.15, 0.2) is 24.3 Å². The molecule has 1 aromatic carbocycles. The van der Waals surface area contributed by atoms with E-state index in [1.54, 1.807) is 0 Å². The Morgan fingerprint density at radius 3 is 2.50 bits per heavy atom. The number of rotatable bonds is 4. The number of nitrogens with zero attached hydrogens (tertiary/aromatic N) is 2. The van der Waals surface area contributed by atoms with E-state index in [1.807, 2.05) is 12.1 Å². The maximum Gasteiger partial charge on any atom is 0.222 e. The van der Waals surface area contributed by atoms with Crippen molar-refractivity contribution in [2.45, 2.75) is 57.0 Å². The number of carbonyl (C=O) groups excluding carboxylic acids is 1. The van der Waals surface area contributed by atoms with E-state index in [2.05, 4.69) is 9.80 Å². The first-order chi connectivity index (χ1) is 11.6. The lowest BCUT2D eigenvalue weighted by molar-refractivity contribution is -0.132. The molecule has 3 aliphatic rings. The molecular weight excluding hydrogens is 303 g/mol. The van der Waals surface area contributed by atoms with Gasteiger partial charge in [-0.05, 0) is 49.3 Å². The molecule has 0 N–H and O–H groups in total. The van der Waals surface area contributed by atoms with Crippen LogP contribution in [-0.4, -0.2) is 40.9 Å². The second kappa shape index (κ2) is 6.47. The van der Waals surface area contributed by atoms with Gasteiger partial charge in [0.2, 0.25) is 5.91 Å². The molecule has 0 unspecified atom stereocenters. The van der Waals surface area contributed by atoms with Gasteiger partial charge in [0.25, 0.3) is 0 Å². The third kappa shape index (κ3) is 3.08. The highest BCUT2D eigenvalue weighted by atomic mass is 19.1. The highest BCUT2D eigenvalue weighted by Crippen LogP contribution is 2.40. The largest absolute Gasteiger partial charge is 0.341 e. The first-order valence-corrected chi connectivity index (χ1v) is 9.42. The molecule has 2 saturated heterocycles. The van der Waals surface area contributed by atoms with Crippen LogP contribution in [0.3, 0.4) is 0 Å². The molecule has 4 heteroatoms. The van der Waals surface area contributed by atoms with Gasteiger partial charge >= 0.3 is 0 Å². The van der Waals surface area contributed by atoms with Crippen molar-refractivity contribution >= 4 is 5.91 Å². The van der Waals surface area contributed by atoms with E-state index < -0.39 is 0 Å². The number of benzene rings is 1. The third-order valence-electron chi connectivity index (χ3n) is 6.43. The Hall–Kier alpha value is -1.42. The predicted octanol–water partition coefficient (Wildman–Crippen LogP) is 3.58. The van der Waals surface area contributed by atoms with Crippen LogP contribution in [0, 0.1) is 11.7 Å². The van der Waals surface area contributed by atoms with Crippen molar-refractivity contribution in [2.75, 3.05) is 19.6 Å². The number of halogens is 1. The Morgan fingerprint density at radius 2 is 1.83 bits per heavy atom. The molecule has 3 fully saturated rings. The molecule has 4 rings (SSSR count). The fraction of sp³-hybridized carbons (Fsp3) is 0.650. The minimum Gasteiger partial charge on any atom is -0.341 e. The van der Waals surface area contributed by atoms with Crippen LogP contribution < -0.4 is 0 Å². The molecule has 0 bridgehead atoms. The summed E-state index contributed by atoms with van der Waals surface area (Å²) in [6.45, 7) is 3.75. The minimum absolute atomic E-state index is 0.179. The summed E-state index contributed by atoms with van der Waals surface area (Å²) in [7, 11) is 0. The molecule has 1 amide bonds. The summed E-state index contributed by atoms with van der Waals surface area (Å²) in [5.41, 5.74) is 1.34. The van der Waals surface area contributed by atoms with Crippen molar-refractivity contribution in [3.05, 3.63) is 35.6 Å². The number of likely N-dealkylation sites (tertiary alicyclic amines) is 2. The number of amides is 1. The van der Waals surface area contributed by atoms with E-state index in [4.69, 9.17) is 0 Å². The molecule has 1 spiro atoms. The molecule has 0 aromatic heterocycles. The summed E-state index contributed by atoms with van der Waals surface area (Å²) < 4.78 is 13.1. The van der Waals surface area contributed by atoms with Crippen LogP contribution in [0.25, 0.3) is 0 Å². The fourth-order valence-corrected chi connectivity index (χ4v) is 4.77. The summed E-state index contributed by atoms with van der Waals surface area (Å²) >= 11 is 0. The van der Waals surface area contributed by atoms with Crippen LogP contribution in [-0.2, 0) is 11.3 Å². The molecule has 1 saturated carbocycles. The van der Waals surface area contributed by atoms with Gasteiger partial charge in [0.05, 0.1) is 0 Å². The minimum atomic E-state index is -0.179. The van der Waals surface area contributed by atoms with Crippen molar-refractivity contribution in [1.29, 1.82) is 0 Å². The number of carbonyl (C=O) groups is 1. The molecule has 1 aliphatic carbocycles. The Bertz CT molecular complexity index is 596. The molecule has 3 nitrogen and oxygen atoms in total. The molecule has 2 aliphatic heterocycles. The summed E-state index contributed by atoms with van der Waals surface area (Å²) in [5.74, 6) is 0.819. The van der Waals surface area contributed by atoms with Gasteiger partial charge in [0.15, 0.2) is 0 Å². The number of hydrogen-bond donors (Lipinski definition) is 0. The van der Waals surface area contributed by atoms with Crippen LogP contribution in [0.2, 0.25) is 0 Å². The van der Waals surface area contributed by atoms with Gasteiger partial charge in [0.1, 0.15) is 5.82 Å². The molecule has 1 atom stereocenters. The average Bonchev–Trinajstić information content (AvgIpc) is 3.24. The van der Waals surface area contributed by atoms with E-state index in [1.165, 1.54) is 44.2 Å². The second-order valence-corrected chi connectivity index (χ2v) is 7.94. The maximum absolute atomic E-state index is 13.1. The molecule has 1 aromatic rings. The van der Waals surface area contributed by atoms with E-state index in [-0.39, 0.29) is 11.4 Å². The van der Waals surface area contributed by atoms with Crippen molar-refractivity contribution in [3.63, 3.8) is 0 Å². The summed E-state index contributed by atoms with van der Waals surface area (Å²) in [6.07, 6.45) is 8.10. The average molecular weight is 330 g/mol. The SMILES string of the molecule is O=C(CC1CCCC1)N1CC[C@]2(CCN2Cc2ccc(F)cc2)C1. The molecule has 24 heavy (non-hydrogen) atoms. The van der Waals surface area contributed by atoms with Crippen LogP contribution >= 0.6 is 0 Å². The Morgan fingerprint density at radius 1 is 1.12 bits per heavy atom. The second-order valence-electron chi connectivity index (χ2n) is 7.94. The predicted molar refractivity (Wildman–Crippen MR) is 91.9 cm³/mol. The van der Waals surface area contributed by atoms with E-state index in [0.717, 1.165) is 44.6 Å². The zero-order chi connectivity index (χ0) is 16.6. The smallest absolute Gasteiger partial charge is 0.222 e. The van der Waals surface area contributed by atoms with E-state index >= 15 is 0 Å². The zero-order valence-electron chi connectivity index (χ0n) is 14.3. The molecular formula is C20H27FN2O. The van der Waals surface area contributed by atoms with Gasteiger partial charge in [-0.3, -0.25) is 9.69 Å². The van der Waals surface area contributed by atoms with Gasteiger partial charge < -0.3 is 4.90 Å². The third-order valence-corrected chi connectivity index (χ3v) is 6.43. The first-order valence-electron chi connectivity index (χ1n) is 9.42. The van der Waals surface area contributed by atoms with Crippen LogP contribution in [0.4, 0.5) is 4.39 Å². The Labute approximate surface area is 143 Å². The van der Waals surface area contributed by atoms with Crippen molar-refractivity contribution in [2.24, 2.45) is 5.92 Å². The lowest BCUT2D eigenvalue weighted by Crippen LogP contribution is -2.60. The van der Waals surface area contributed by atoms with Gasteiger partial charge in [-0.1, -0.05) is 25.0 Å². The van der Waals surface area contributed by atoms with Gasteiger partial charge in [0, 0.05) is 38.1 Å². The van der Waals surface area contributed by atoms with Gasteiger partial charge in [-0.15, -0.1) is 0 Å². The number of hydrogen-bond acceptors (Lipinski definition) is 2. The molecule has 2 heterocycles. The lowest BCUT2D eigenvalue weighted by Gasteiger charge is -2.51. The van der Waals surface area contributed by atoms with Gasteiger partial charge in [-0.25, -0.2) is 4.39 Å². The summed E-state index contributed by atoms with van der Waals surface area (Å²) in [6, 6.07) is 6.82. The zero-order valence-corrected chi connectivity index (χ0v) is 14.3. The van der Waals surface area contributed by atoms with Crippen LogP contribution in [0.1, 0.15) is 50.5 Å². The highest BCUT2D eigenvalue weighted by molar-refractivity contribution is 5.77. The molecule has 0 radical (unpaired) electrons. The summed E-state index contributed by atoms with van der Waals surface area (Å²) in [5, 5.41) is 0. The maximum atomic E-state index is 13.1. The monoisotopic (exact) mass is 330 g/mol. The summed E-state index contributed by atoms with van der Waals surface area (Å²) in [4.78, 5) is 17.2. The normalized spacial score (nSPS) is 27.8. The van der Waals surface area contributed by atoms with Crippen molar-refractivity contribution < 1.29 is 9.18 Å². The first kappa shape index (κ1) is 16.1. The van der Waals surface area contributed by atoms with Crippen LogP contribution in [0.5, 0.6) is 0 Å². The van der Waals surface area contributed by atoms with E-state index in [0.29, 0.717) is 11.8 Å².